The number of nitrogens with one attached hydrogen (secondary N) is 1. The van der Waals surface area contributed by atoms with Crippen molar-refractivity contribution in [3.8, 4) is 11.5 Å². The summed E-state index contributed by atoms with van der Waals surface area (Å²) in [6, 6.07) is 11.8. The molecule has 0 radical (unpaired) electrons. The fraction of sp³-hybridized carbons (Fsp3) is 0.294. The molecule has 0 aliphatic heterocycles. The van der Waals surface area contributed by atoms with Crippen molar-refractivity contribution in [2.24, 2.45) is 0 Å². The maximum atomic E-state index is 5.97. The molecule has 0 heterocycles. The molecule has 2 aromatic rings. The van der Waals surface area contributed by atoms with E-state index < -0.39 is 0 Å². The zero-order valence-corrected chi connectivity index (χ0v) is 13.3. The summed E-state index contributed by atoms with van der Waals surface area (Å²) in [6.45, 7) is 3.59. The summed E-state index contributed by atoms with van der Waals surface area (Å²) in [5.41, 5.74) is 3.54. The SMILES string of the molecule is COc1ccc(CNCc2ccc(Cl)cc2C)c(OC)c1. The first kappa shape index (κ1) is 15.7. The minimum atomic E-state index is 0.731. The highest BCUT2D eigenvalue weighted by molar-refractivity contribution is 6.30. The van der Waals surface area contributed by atoms with Gasteiger partial charge in [-0.15, -0.1) is 0 Å². The minimum absolute atomic E-state index is 0.731. The van der Waals surface area contributed by atoms with Crippen LogP contribution in [0.25, 0.3) is 0 Å². The Morgan fingerprint density at radius 2 is 1.67 bits per heavy atom. The van der Waals surface area contributed by atoms with Crippen LogP contribution < -0.4 is 14.8 Å². The van der Waals surface area contributed by atoms with Crippen LogP contribution in [0, 0.1) is 6.92 Å². The number of benzene rings is 2. The number of ether oxygens (including phenoxy) is 2. The first-order valence-corrected chi connectivity index (χ1v) is 7.18. The summed E-state index contributed by atoms with van der Waals surface area (Å²) in [6.07, 6.45) is 0. The summed E-state index contributed by atoms with van der Waals surface area (Å²) in [7, 11) is 3.32. The van der Waals surface area contributed by atoms with Gasteiger partial charge in [0, 0.05) is 29.7 Å². The molecule has 1 N–H and O–H groups in total. The van der Waals surface area contributed by atoms with Crippen LogP contribution >= 0.6 is 11.6 Å². The van der Waals surface area contributed by atoms with E-state index in [1.165, 1.54) is 11.1 Å². The molecule has 2 aromatic carbocycles. The van der Waals surface area contributed by atoms with E-state index in [0.717, 1.165) is 35.2 Å². The van der Waals surface area contributed by atoms with Crippen molar-refractivity contribution in [2.75, 3.05) is 14.2 Å². The third-order valence-corrected chi connectivity index (χ3v) is 3.66. The quantitative estimate of drug-likeness (QED) is 0.876. The summed E-state index contributed by atoms with van der Waals surface area (Å²) in [4.78, 5) is 0. The lowest BCUT2D eigenvalue weighted by Crippen LogP contribution is -2.14. The highest BCUT2D eigenvalue weighted by Gasteiger charge is 2.05. The predicted octanol–water partition coefficient (Wildman–Crippen LogP) is 3.96. The summed E-state index contributed by atoms with van der Waals surface area (Å²) in [5, 5.41) is 4.20. The maximum absolute atomic E-state index is 5.97. The molecule has 3 nitrogen and oxygen atoms in total. The molecule has 0 aliphatic carbocycles. The number of rotatable bonds is 6. The van der Waals surface area contributed by atoms with Gasteiger partial charge < -0.3 is 14.8 Å². The lowest BCUT2D eigenvalue weighted by molar-refractivity contribution is 0.390. The minimum Gasteiger partial charge on any atom is -0.497 e. The van der Waals surface area contributed by atoms with Crippen LogP contribution in [0.4, 0.5) is 0 Å². The number of hydrogen-bond acceptors (Lipinski definition) is 3. The van der Waals surface area contributed by atoms with Crippen LogP contribution in [-0.2, 0) is 13.1 Å². The van der Waals surface area contributed by atoms with Gasteiger partial charge in [0.2, 0.25) is 0 Å². The van der Waals surface area contributed by atoms with Crippen molar-refractivity contribution in [1.29, 1.82) is 0 Å². The monoisotopic (exact) mass is 305 g/mol. The van der Waals surface area contributed by atoms with Gasteiger partial charge in [0.25, 0.3) is 0 Å². The lowest BCUT2D eigenvalue weighted by atomic mass is 10.1. The first-order chi connectivity index (χ1) is 10.1. The Balaban J connectivity index is 2.00. The molecule has 0 aromatic heterocycles. The van der Waals surface area contributed by atoms with Crippen LogP contribution in [-0.4, -0.2) is 14.2 Å². The van der Waals surface area contributed by atoms with Crippen molar-refractivity contribution in [1.82, 2.24) is 5.32 Å². The molecule has 0 aliphatic rings. The van der Waals surface area contributed by atoms with Crippen LogP contribution in [0.5, 0.6) is 11.5 Å². The molecule has 21 heavy (non-hydrogen) atoms. The van der Waals surface area contributed by atoms with Gasteiger partial charge in [-0.25, -0.2) is 0 Å². The molecule has 0 saturated heterocycles. The second kappa shape index (κ2) is 7.34. The van der Waals surface area contributed by atoms with E-state index in [9.17, 15) is 0 Å². The van der Waals surface area contributed by atoms with Gasteiger partial charge in [0.05, 0.1) is 14.2 Å². The van der Waals surface area contributed by atoms with E-state index >= 15 is 0 Å². The lowest BCUT2D eigenvalue weighted by Gasteiger charge is -2.12. The molecule has 0 bridgehead atoms. The second-order valence-corrected chi connectivity index (χ2v) is 5.29. The number of halogens is 1. The second-order valence-electron chi connectivity index (χ2n) is 4.85. The molecule has 0 unspecified atom stereocenters. The normalized spacial score (nSPS) is 10.5. The van der Waals surface area contributed by atoms with E-state index in [4.69, 9.17) is 21.1 Å². The Hall–Kier alpha value is -1.71. The van der Waals surface area contributed by atoms with E-state index in [0.29, 0.717) is 0 Å². The molecule has 4 heteroatoms. The average Bonchev–Trinajstić information content (AvgIpc) is 2.49. The van der Waals surface area contributed by atoms with Crippen molar-refractivity contribution >= 4 is 11.6 Å². The summed E-state index contributed by atoms with van der Waals surface area (Å²) >= 11 is 5.97. The molecule has 0 amide bonds. The predicted molar refractivity (Wildman–Crippen MR) is 86.3 cm³/mol. The Kier molecular flexibility index (Phi) is 5.48. The average molecular weight is 306 g/mol. The number of methoxy groups -OCH3 is 2. The zero-order valence-electron chi connectivity index (χ0n) is 12.6. The van der Waals surface area contributed by atoms with Gasteiger partial charge in [-0.2, -0.15) is 0 Å². The highest BCUT2D eigenvalue weighted by Crippen LogP contribution is 2.24. The smallest absolute Gasteiger partial charge is 0.127 e. The third-order valence-electron chi connectivity index (χ3n) is 3.43. The molecular weight excluding hydrogens is 286 g/mol. The topological polar surface area (TPSA) is 30.5 Å². The van der Waals surface area contributed by atoms with Crippen molar-refractivity contribution in [2.45, 2.75) is 20.0 Å². The Bertz CT molecular complexity index is 614. The number of hydrogen-bond donors (Lipinski definition) is 1. The fourth-order valence-electron chi connectivity index (χ4n) is 2.19. The standard InChI is InChI=1S/C17H20ClNO2/c1-12-8-15(18)6-4-13(12)10-19-11-14-5-7-16(20-2)9-17(14)21-3/h4-9,19H,10-11H2,1-3H3. The molecule has 0 fully saturated rings. The number of aryl methyl sites for hydroxylation is 1. The van der Waals surface area contributed by atoms with Gasteiger partial charge in [0.15, 0.2) is 0 Å². The van der Waals surface area contributed by atoms with Crippen LogP contribution in [0.1, 0.15) is 16.7 Å². The van der Waals surface area contributed by atoms with E-state index in [-0.39, 0.29) is 0 Å². The zero-order chi connectivity index (χ0) is 15.2. The van der Waals surface area contributed by atoms with Gasteiger partial charge in [-0.3, -0.25) is 0 Å². The molecule has 2 rings (SSSR count). The fourth-order valence-corrected chi connectivity index (χ4v) is 2.41. The van der Waals surface area contributed by atoms with E-state index in [2.05, 4.69) is 18.3 Å². The highest BCUT2D eigenvalue weighted by atomic mass is 35.5. The molecule has 0 spiro atoms. The van der Waals surface area contributed by atoms with E-state index in [1.807, 2.05) is 30.3 Å². The van der Waals surface area contributed by atoms with Crippen LogP contribution in [0.3, 0.4) is 0 Å². The molecular formula is C17H20ClNO2. The van der Waals surface area contributed by atoms with Gasteiger partial charge in [0.1, 0.15) is 11.5 Å². The van der Waals surface area contributed by atoms with Gasteiger partial charge in [-0.05, 0) is 36.2 Å². The molecule has 0 atom stereocenters. The Morgan fingerprint density at radius 3 is 2.33 bits per heavy atom. The molecule has 112 valence electrons. The third kappa shape index (κ3) is 4.13. The Labute approximate surface area is 130 Å². The largest absolute Gasteiger partial charge is 0.497 e. The first-order valence-electron chi connectivity index (χ1n) is 6.80. The van der Waals surface area contributed by atoms with E-state index in [1.54, 1.807) is 14.2 Å². The van der Waals surface area contributed by atoms with Crippen molar-refractivity contribution in [3.05, 3.63) is 58.1 Å². The van der Waals surface area contributed by atoms with Gasteiger partial charge >= 0.3 is 0 Å². The van der Waals surface area contributed by atoms with Gasteiger partial charge in [-0.1, -0.05) is 23.7 Å². The van der Waals surface area contributed by atoms with Crippen molar-refractivity contribution < 1.29 is 9.47 Å². The Morgan fingerprint density at radius 1 is 0.952 bits per heavy atom. The van der Waals surface area contributed by atoms with Crippen LogP contribution in [0.15, 0.2) is 36.4 Å². The van der Waals surface area contributed by atoms with Crippen LogP contribution in [0.2, 0.25) is 5.02 Å². The summed E-state index contributed by atoms with van der Waals surface area (Å²) in [5.74, 6) is 1.62. The van der Waals surface area contributed by atoms with Crippen molar-refractivity contribution in [3.63, 3.8) is 0 Å². The molecule has 0 saturated carbocycles. The maximum Gasteiger partial charge on any atom is 0.127 e. The summed E-state index contributed by atoms with van der Waals surface area (Å²) < 4.78 is 10.6.